The van der Waals surface area contributed by atoms with Crippen molar-refractivity contribution in [2.75, 3.05) is 13.2 Å². The molecule has 3 rings (SSSR count). The summed E-state index contributed by atoms with van der Waals surface area (Å²) in [6.07, 6.45) is 7.36. The maximum Gasteiger partial charge on any atom is 0.154 e. The molecule has 0 amide bonds. The van der Waals surface area contributed by atoms with Crippen molar-refractivity contribution in [3.8, 4) is 0 Å². The Bertz CT molecular complexity index is 238. The Morgan fingerprint density at radius 3 is 2.54 bits per heavy atom. The molecule has 2 bridgehead atoms. The fourth-order valence-corrected chi connectivity index (χ4v) is 3.04. The Hall–Kier alpha value is -0.340. The summed E-state index contributed by atoms with van der Waals surface area (Å²) in [6.45, 7) is 3.79. The van der Waals surface area contributed by atoms with E-state index in [-0.39, 0.29) is 6.29 Å². The molecule has 2 unspecified atom stereocenters. The van der Waals surface area contributed by atoms with Crippen LogP contribution in [-0.4, -0.2) is 19.5 Å². The molecule has 1 aliphatic heterocycles. The van der Waals surface area contributed by atoms with Gasteiger partial charge in [-0.1, -0.05) is 12.2 Å². The quantitative estimate of drug-likeness (QED) is 0.530. The molecule has 2 fully saturated rings. The molecule has 0 aromatic rings. The molecule has 1 saturated carbocycles. The topological polar surface area (TPSA) is 18.5 Å². The highest BCUT2D eigenvalue weighted by molar-refractivity contribution is 5.16. The van der Waals surface area contributed by atoms with E-state index in [1.165, 1.54) is 12.8 Å². The predicted octanol–water partition coefficient (Wildman–Crippen LogP) is 1.96. The summed E-state index contributed by atoms with van der Waals surface area (Å²) in [5.41, 5.74) is 0.339. The zero-order valence-corrected chi connectivity index (χ0v) is 8.03. The minimum atomic E-state index is 0.00808. The van der Waals surface area contributed by atoms with Gasteiger partial charge in [0.2, 0.25) is 0 Å². The minimum absolute atomic E-state index is 0.00808. The summed E-state index contributed by atoms with van der Waals surface area (Å²) in [5.74, 6) is 1.54. The first kappa shape index (κ1) is 8.01. The monoisotopic (exact) mass is 180 g/mol. The molecule has 1 heterocycles. The highest BCUT2D eigenvalue weighted by Crippen LogP contribution is 2.53. The second kappa shape index (κ2) is 2.58. The average Bonchev–Trinajstić information content (AvgIpc) is 2.70. The van der Waals surface area contributed by atoms with E-state index in [0.717, 1.165) is 25.0 Å². The maximum atomic E-state index is 5.61. The first-order chi connectivity index (χ1) is 6.28. The van der Waals surface area contributed by atoms with E-state index in [9.17, 15) is 0 Å². The Balaban J connectivity index is 1.80. The van der Waals surface area contributed by atoms with Gasteiger partial charge in [0.05, 0.1) is 13.2 Å². The van der Waals surface area contributed by atoms with Crippen molar-refractivity contribution in [2.45, 2.75) is 26.1 Å². The lowest BCUT2D eigenvalue weighted by atomic mass is 9.77. The summed E-state index contributed by atoms with van der Waals surface area (Å²) in [5, 5.41) is 0. The lowest BCUT2D eigenvalue weighted by Crippen LogP contribution is -2.43. The molecule has 3 aliphatic rings. The van der Waals surface area contributed by atoms with Crippen molar-refractivity contribution in [1.82, 2.24) is 0 Å². The van der Waals surface area contributed by atoms with Gasteiger partial charge in [-0.3, -0.25) is 0 Å². The van der Waals surface area contributed by atoms with Crippen LogP contribution in [0.1, 0.15) is 19.8 Å². The standard InChI is InChI=1S/C11H16O2/c1-8-12-6-11(7-13-8)5-9-2-3-10(11)4-9/h2-3,8-10H,4-7H2,1H3. The Labute approximate surface area is 78.9 Å². The van der Waals surface area contributed by atoms with Gasteiger partial charge in [0.15, 0.2) is 6.29 Å². The van der Waals surface area contributed by atoms with Crippen molar-refractivity contribution in [3.05, 3.63) is 12.2 Å². The molecule has 0 aromatic heterocycles. The normalized spacial score (nSPS) is 53.5. The van der Waals surface area contributed by atoms with Gasteiger partial charge in [0, 0.05) is 5.41 Å². The second-order valence-corrected chi connectivity index (χ2v) is 4.74. The van der Waals surface area contributed by atoms with Gasteiger partial charge in [-0.05, 0) is 31.6 Å². The maximum absolute atomic E-state index is 5.61. The Kier molecular flexibility index (Phi) is 1.59. The van der Waals surface area contributed by atoms with Gasteiger partial charge in [-0.2, -0.15) is 0 Å². The van der Waals surface area contributed by atoms with E-state index >= 15 is 0 Å². The zero-order chi connectivity index (χ0) is 8.89. The molecule has 0 N–H and O–H groups in total. The molecular formula is C11H16O2. The van der Waals surface area contributed by atoms with Crippen LogP contribution in [0.5, 0.6) is 0 Å². The van der Waals surface area contributed by atoms with Crippen LogP contribution in [0.25, 0.3) is 0 Å². The van der Waals surface area contributed by atoms with Crippen molar-refractivity contribution in [3.63, 3.8) is 0 Å². The molecular weight excluding hydrogens is 164 g/mol. The third-order valence-corrected chi connectivity index (χ3v) is 3.84. The molecule has 0 radical (unpaired) electrons. The molecule has 1 saturated heterocycles. The highest BCUT2D eigenvalue weighted by atomic mass is 16.7. The first-order valence-electron chi connectivity index (χ1n) is 5.20. The van der Waals surface area contributed by atoms with Gasteiger partial charge in [-0.25, -0.2) is 0 Å². The van der Waals surface area contributed by atoms with Crippen LogP contribution in [0.3, 0.4) is 0 Å². The summed E-state index contributed by atoms with van der Waals surface area (Å²) >= 11 is 0. The van der Waals surface area contributed by atoms with Crippen molar-refractivity contribution in [1.29, 1.82) is 0 Å². The second-order valence-electron chi connectivity index (χ2n) is 4.74. The number of rotatable bonds is 0. The van der Waals surface area contributed by atoms with E-state index in [0.29, 0.717) is 5.41 Å². The van der Waals surface area contributed by atoms with Gasteiger partial charge >= 0.3 is 0 Å². The summed E-state index contributed by atoms with van der Waals surface area (Å²) < 4.78 is 11.2. The minimum Gasteiger partial charge on any atom is -0.352 e. The number of hydrogen-bond donors (Lipinski definition) is 0. The lowest BCUT2D eigenvalue weighted by Gasteiger charge is -2.40. The average molecular weight is 180 g/mol. The third-order valence-electron chi connectivity index (χ3n) is 3.84. The van der Waals surface area contributed by atoms with Gasteiger partial charge in [-0.15, -0.1) is 0 Å². The molecule has 0 aromatic carbocycles. The van der Waals surface area contributed by atoms with Gasteiger partial charge < -0.3 is 9.47 Å². The Morgan fingerprint density at radius 2 is 2.00 bits per heavy atom. The molecule has 72 valence electrons. The third kappa shape index (κ3) is 1.09. The SMILES string of the molecule is CC1OCC2(CO1)CC1C=CC2C1. The number of ether oxygens (including phenoxy) is 2. The predicted molar refractivity (Wildman–Crippen MR) is 49.2 cm³/mol. The van der Waals surface area contributed by atoms with E-state index in [1.807, 2.05) is 6.92 Å². The summed E-state index contributed by atoms with van der Waals surface area (Å²) in [7, 11) is 0. The fourth-order valence-electron chi connectivity index (χ4n) is 3.04. The van der Waals surface area contributed by atoms with E-state index in [4.69, 9.17) is 9.47 Å². The number of fused-ring (bicyclic) bond motifs is 3. The lowest BCUT2D eigenvalue weighted by molar-refractivity contribution is -0.226. The van der Waals surface area contributed by atoms with Crippen LogP contribution in [-0.2, 0) is 9.47 Å². The molecule has 2 nitrogen and oxygen atoms in total. The van der Waals surface area contributed by atoms with Crippen molar-refractivity contribution in [2.24, 2.45) is 17.3 Å². The number of allylic oxidation sites excluding steroid dienone is 2. The molecule has 1 spiro atoms. The smallest absolute Gasteiger partial charge is 0.154 e. The van der Waals surface area contributed by atoms with Crippen LogP contribution in [0.15, 0.2) is 12.2 Å². The molecule has 2 atom stereocenters. The van der Waals surface area contributed by atoms with E-state index in [2.05, 4.69) is 12.2 Å². The Morgan fingerprint density at radius 1 is 1.23 bits per heavy atom. The van der Waals surface area contributed by atoms with E-state index in [1.54, 1.807) is 0 Å². The van der Waals surface area contributed by atoms with Crippen LogP contribution < -0.4 is 0 Å². The van der Waals surface area contributed by atoms with E-state index < -0.39 is 0 Å². The highest BCUT2D eigenvalue weighted by Gasteiger charge is 2.50. The first-order valence-corrected chi connectivity index (χ1v) is 5.20. The van der Waals surface area contributed by atoms with Crippen LogP contribution in [0.4, 0.5) is 0 Å². The van der Waals surface area contributed by atoms with Crippen molar-refractivity contribution < 1.29 is 9.47 Å². The summed E-state index contributed by atoms with van der Waals surface area (Å²) in [4.78, 5) is 0. The fraction of sp³-hybridized carbons (Fsp3) is 0.818. The number of hydrogen-bond acceptors (Lipinski definition) is 2. The molecule has 2 heteroatoms. The molecule has 2 aliphatic carbocycles. The summed E-state index contributed by atoms with van der Waals surface area (Å²) in [6, 6.07) is 0. The van der Waals surface area contributed by atoms with Gasteiger partial charge in [0.1, 0.15) is 0 Å². The van der Waals surface area contributed by atoms with Crippen LogP contribution in [0.2, 0.25) is 0 Å². The van der Waals surface area contributed by atoms with Crippen molar-refractivity contribution >= 4 is 0 Å². The van der Waals surface area contributed by atoms with Crippen LogP contribution in [0, 0.1) is 17.3 Å². The van der Waals surface area contributed by atoms with Crippen LogP contribution >= 0.6 is 0 Å². The largest absolute Gasteiger partial charge is 0.352 e. The zero-order valence-electron chi connectivity index (χ0n) is 8.03. The molecule has 13 heavy (non-hydrogen) atoms. The van der Waals surface area contributed by atoms with Gasteiger partial charge in [0.25, 0.3) is 0 Å².